The molecule has 128 valence electrons. The highest BCUT2D eigenvalue weighted by Crippen LogP contribution is 2.28. The summed E-state index contributed by atoms with van der Waals surface area (Å²) in [7, 11) is 4.79. The van der Waals surface area contributed by atoms with Gasteiger partial charge in [0.05, 0.1) is 31.7 Å². The second-order valence-corrected chi connectivity index (χ2v) is 5.11. The van der Waals surface area contributed by atoms with Gasteiger partial charge in [-0.05, 0) is 19.1 Å². The molecular weight excluding hydrogens is 311 g/mol. The zero-order valence-electron chi connectivity index (χ0n) is 14.2. The summed E-state index contributed by atoms with van der Waals surface area (Å²) in [5, 5.41) is 13.8. The number of methoxy groups -OCH3 is 2. The molecule has 1 heterocycles. The second kappa shape index (κ2) is 7.63. The molecule has 0 unspecified atom stereocenters. The van der Waals surface area contributed by atoms with Crippen LogP contribution in [0.25, 0.3) is 0 Å². The van der Waals surface area contributed by atoms with Crippen LogP contribution in [0, 0.1) is 11.2 Å². The Morgan fingerprint density at radius 3 is 2.62 bits per heavy atom. The number of halogens is 1. The Morgan fingerprint density at radius 1 is 1.29 bits per heavy atom. The SMILES string of the molecule is CNc1c(F)cnc(NCc2ccc(OC)cc2OC)c1C(C)=N. The predicted molar refractivity (Wildman–Crippen MR) is 93.1 cm³/mol. The van der Waals surface area contributed by atoms with E-state index in [1.807, 2.05) is 12.1 Å². The molecule has 0 aliphatic heterocycles. The van der Waals surface area contributed by atoms with Crippen molar-refractivity contribution in [2.45, 2.75) is 13.5 Å². The first-order valence-electron chi connectivity index (χ1n) is 7.38. The minimum atomic E-state index is -0.494. The third kappa shape index (κ3) is 3.56. The van der Waals surface area contributed by atoms with Crippen LogP contribution in [0.3, 0.4) is 0 Å². The zero-order valence-corrected chi connectivity index (χ0v) is 14.2. The van der Waals surface area contributed by atoms with Gasteiger partial charge in [-0.25, -0.2) is 9.37 Å². The minimum absolute atomic E-state index is 0.218. The number of hydrogen-bond donors (Lipinski definition) is 3. The number of rotatable bonds is 7. The van der Waals surface area contributed by atoms with Gasteiger partial charge < -0.3 is 25.5 Å². The molecule has 2 aromatic rings. The van der Waals surface area contributed by atoms with E-state index >= 15 is 0 Å². The van der Waals surface area contributed by atoms with E-state index in [4.69, 9.17) is 14.9 Å². The van der Waals surface area contributed by atoms with Crippen molar-refractivity contribution >= 4 is 17.2 Å². The van der Waals surface area contributed by atoms with Crippen LogP contribution in [-0.4, -0.2) is 32.0 Å². The summed E-state index contributed by atoms with van der Waals surface area (Å²) in [6.07, 6.45) is 1.13. The topological polar surface area (TPSA) is 79.3 Å². The van der Waals surface area contributed by atoms with E-state index in [9.17, 15) is 4.39 Å². The molecule has 0 saturated carbocycles. The summed E-state index contributed by atoms with van der Waals surface area (Å²) >= 11 is 0. The third-order valence-corrected chi connectivity index (χ3v) is 3.60. The Morgan fingerprint density at radius 2 is 2.04 bits per heavy atom. The highest BCUT2D eigenvalue weighted by atomic mass is 19.1. The molecule has 0 bridgehead atoms. The predicted octanol–water partition coefficient (Wildman–Crippen LogP) is 3.28. The van der Waals surface area contributed by atoms with E-state index in [0.717, 1.165) is 11.8 Å². The Bertz CT molecular complexity index is 750. The fourth-order valence-corrected chi connectivity index (χ4v) is 2.41. The van der Waals surface area contributed by atoms with Crippen molar-refractivity contribution in [3.05, 3.63) is 41.3 Å². The number of benzene rings is 1. The number of pyridine rings is 1. The fraction of sp³-hybridized carbons (Fsp3) is 0.294. The number of nitrogens with one attached hydrogen (secondary N) is 3. The summed E-state index contributed by atoms with van der Waals surface area (Å²) in [5.41, 5.74) is 1.77. The Labute approximate surface area is 140 Å². The lowest BCUT2D eigenvalue weighted by Gasteiger charge is -2.16. The molecule has 7 heteroatoms. The van der Waals surface area contributed by atoms with Crippen molar-refractivity contribution in [2.75, 3.05) is 31.9 Å². The van der Waals surface area contributed by atoms with E-state index in [2.05, 4.69) is 15.6 Å². The lowest BCUT2D eigenvalue weighted by atomic mass is 10.1. The standard InChI is InChI=1S/C17H21FN4O2/c1-10(19)15-16(20-2)13(18)9-22-17(15)21-8-11-5-6-12(23-3)7-14(11)24-4/h5-7,9,19H,8H2,1-4H3,(H2,20,21,22). The molecule has 0 aliphatic rings. The molecule has 0 saturated heterocycles. The second-order valence-electron chi connectivity index (χ2n) is 5.11. The molecule has 6 nitrogen and oxygen atoms in total. The Kier molecular flexibility index (Phi) is 5.57. The highest BCUT2D eigenvalue weighted by molar-refractivity contribution is 6.05. The number of nitrogens with zero attached hydrogens (tertiary/aromatic N) is 1. The van der Waals surface area contributed by atoms with E-state index < -0.39 is 5.82 Å². The van der Waals surface area contributed by atoms with Gasteiger partial charge in [0, 0.05) is 30.9 Å². The van der Waals surface area contributed by atoms with Gasteiger partial charge in [0.15, 0.2) is 5.82 Å². The lowest BCUT2D eigenvalue weighted by Crippen LogP contribution is -2.12. The molecule has 24 heavy (non-hydrogen) atoms. The van der Waals surface area contributed by atoms with Crippen molar-refractivity contribution in [3.63, 3.8) is 0 Å². The number of ether oxygens (including phenoxy) is 2. The summed E-state index contributed by atoms with van der Waals surface area (Å²) in [6, 6.07) is 5.50. The summed E-state index contributed by atoms with van der Waals surface area (Å²) in [5.74, 6) is 1.31. The fourth-order valence-electron chi connectivity index (χ4n) is 2.41. The number of aromatic nitrogens is 1. The summed E-state index contributed by atoms with van der Waals surface area (Å²) in [6.45, 7) is 2.01. The van der Waals surface area contributed by atoms with Crippen LogP contribution in [0.1, 0.15) is 18.1 Å². The van der Waals surface area contributed by atoms with Gasteiger partial charge in [-0.3, -0.25) is 0 Å². The van der Waals surface area contributed by atoms with Crippen LogP contribution in [-0.2, 0) is 6.54 Å². The number of hydrogen-bond acceptors (Lipinski definition) is 6. The van der Waals surface area contributed by atoms with Crippen LogP contribution in [0.4, 0.5) is 15.9 Å². The Balaban J connectivity index is 2.31. The quantitative estimate of drug-likeness (QED) is 0.678. The van der Waals surface area contributed by atoms with Crippen LogP contribution < -0.4 is 20.1 Å². The van der Waals surface area contributed by atoms with Gasteiger partial charge in [0.25, 0.3) is 0 Å². The van der Waals surface area contributed by atoms with Crippen LogP contribution >= 0.6 is 0 Å². The first kappa shape index (κ1) is 17.5. The van der Waals surface area contributed by atoms with E-state index in [0.29, 0.717) is 29.4 Å². The normalized spacial score (nSPS) is 10.2. The number of anilines is 2. The van der Waals surface area contributed by atoms with Crippen LogP contribution in [0.2, 0.25) is 0 Å². The molecule has 0 fully saturated rings. The maximum Gasteiger partial charge on any atom is 0.165 e. The average molecular weight is 332 g/mol. The molecule has 0 spiro atoms. The first-order valence-corrected chi connectivity index (χ1v) is 7.38. The average Bonchev–Trinajstić information content (AvgIpc) is 2.59. The molecule has 0 radical (unpaired) electrons. The lowest BCUT2D eigenvalue weighted by molar-refractivity contribution is 0.391. The van der Waals surface area contributed by atoms with Gasteiger partial charge in [-0.2, -0.15) is 0 Å². The summed E-state index contributed by atoms with van der Waals surface area (Å²) < 4.78 is 24.4. The monoisotopic (exact) mass is 332 g/mol. The molecule has 1 aromatic carbocycles. The van der Waals surface area contributed by atoms with Gasteiger partial charge in [-0.1, -0.05) is 0 Å². The van der Waals surface area contributed by atoms with Gasteiger partial charge >= 0.3 is 0 Å². The van der Waals surface area contributed by atoms with Crippen molar-refractivity contribution in [3.8, 4) is 11.5 Å². The van der Waals surface area contributed by atoms with E-state index in [-0.39, 0.29) is 11.4 Å². The van der Waals surface area contributed by atoms with Crippen molar-refractivity contribution in [1.29, 1.82) is 5.41 Å². The summed E-state index contributed by atoms with van der Waals surface area (Å²) in [4.78, 5) is 4.08. The minimum Gasteiger partial charge on any atom is -0.497 e. The van der Waals surface area contributed by atoms with E-state index in [1.54, 1.807) is 34.3 Å². The zero-order chi connectivity index (χ0) is 17.7. The maximum absolute atomic E-state index is 13.9. The first-order chi connectivity index (χ1) is 11.5. The molecular formula is C17H21FN4O2. The van der Waals surface area contributed by atoms with Gasteiger partial charge in [0.1, 0.15) is 17.3 Å². The van der Waals surface area contributed by atoms with E-state index in [1.165, 1.54) is 0 Å². The van der Waals surface area contributed by atoms with Crippen molar-refractivity contribution in [1.82, 2.24) is 4.98 Å². The van der Waals surface area contributed by atoms with Gasteiger partial charge in [-0.15, -0.1) is 0 Å². The highest BCUT2D eigenvalue weighted by Gasteiger charge is 2.16. The third-order valence-electron chi connectivity index (χ3n) is 3.60. The maximum atomic E-state index is 13.9. The molecule has 2 rings (SSSR count). The molecule has 0 atom stereocenters. The van der Waals surface area contributed by atoms with Gasteiger partial charge in [0.2, 0.25) is 0 Å². The Hall–Kier alpha value is -2.83. The van der Waals surface area contributed by atoms with Crippen molar-refractivity contribution < 1.29 is 13.9 Å². The molecule has 1 aromatic heterocycles. The van der Waals surface area contributed by atoms with Crippen LogP contribution in [0.5, 0.6) is 11.5 Å². The molecule has 0 aliphatic carbocycles. The van der Waals surface area contributed by atoms with Crippen LogP contribution in [0.15, 0.2) is 24.4 Å². The largest absolute Gasteiger partial charge is 0.497 e. The van der Waals surface area contributed by atoms with Crippen molar-refractivity contribution in [2.24, 2.45) is 0 Å². The molecule has 0 amide bonds. The molecule has 3 N–H and O–H groups in total. The smallest absolute Gasteiger partial charge is 0.165 e.